The molecule has 0 radical (unpaired) electrons. The molecule has 0 aliphatic carbocycles. The summed E-state index contributed by atoms with van der Waals surface area (Å²) in [6.45, 7) is 13.4. The van der Waals surface area contributed by atoms with Crippen LogP contribution in [0.1, 0.15) is 55.4 Å². The van der Waals surface area contributed by atoms with E-state index in [9.17, 15) is 26.4 Å². The number of rotatable bonds is 12. The average Bonchev–Trinajstić information content (AvgIpc) is 2.50. The highest BCUT2D eigenvalue weighted by atomic mass is 32.2. The Kier molecular flexibility index (Phi) is 11.5. The van der Waals surface area contributed by atoms with Crippen LogP contribution in [-0.4, -0.2) is 65.6 Å². The van der Waals surface area contributed by atoms with E-state index in [0.29, 0.717) is 0 Å². The lowest BCUT2D eigenvalue weighted by Crippen LogP contribution is -2.40. The van der Waals surface area contributed by atoms with Gasteiger partial charge in [0.1, 0.15) is 13.2 Å². The summed E-state index contributed by atoms with van der Waals surface area (Å²) in [5.41, 5.74) is -0.843. The summed E-state index contributed by atoms with van der Waals surface area (Å²) < 4.78 is 62.8. The molecule has 10 nitrogen and oxygen atoms in total. The van der Waals surface area contributed by atoms with Gasteiger partial charge in [-0.3, -0.25) is 0 Å². The number of nitrogens with one attached hydrogen (secondary N) is 2. The fourth-order valence-electron chi connectivity index (χ4n) is 2.55. The molecule has 0 amide bonds. The van der Waals surface area contributed by atoms with Crippen molar-refractivity contribution in [1.82, 2.24) is 9.44 Å². The molecule has 0 saturated carbocycles. The Hall–Kier alpha value is -1.50. The van der Waals surface area contributed by atoms with Crippen molar-refractivity contribution in [3.8, 4) is 0 Å². The van der Waals surface area contributed by atoms with E-state index >= 15 is 0 Å². The van der Waals surface area contributed by atoms with E-state index in [2.05, 4.69) is 9.44 Å². The molecule has 0 aromatic carbocycles. The number of hydrogen-bond donors (Lipinski definition) is 2. The van der Waals surface area contributed by atoms with Gasteiger partial charge in [0.15, 0.2) is 0 Å². The van der Waals surface area contributed by atoms with Crippen LogP contribution in [0.25, 0.3) is 0 Å². The van der Waals surface area contributed by atoms with Gasteiger partial charge >= 0.3 is 11.9 Å². The second-order valence-electron chi connectivity index (χ2n) is 10.3. The minimum absolute atomic E-state index is 0.0746. The largest absolute Gasteiger partial charge is 0.461 e. The number of ether oxygens (including phenoxy) is 2. The van der Waals surface area contributed by atoms with Gasteiger partial charge in [-0.2, -0.15) is 0 Å². The Morgan fingerprint density at radius 1 is 0.719 bits per heavy atom. The van der Waals surface area contributed by atoms with E-state index in [4.69, 9.17) is 9.47 Å². The summed E-state index contributed by atoms with van der Waals surface area (Å²) in [6, 6.07) is -1.29. The molecule has 0 rings (SSSR count). The lowest BCUT2D eigenvalue weighted by Gasteiger charge is -2.21. The van der Waals surface area contributed by atoms with Crippen molar-refractivity contribution in [1.29, 1.82) is 0 Å². The highest BCUT2D eigenvalue weighted by Gasteiger charge is 2.24. The number of carbonyl (C=O) groups excluding carboxylic acids is 2. The first-order valence-electron chi connectivity index (χ1n) is 10.2. The third-order valence-corrected chi connectivity index (χ3v) is 7.33. The van der Waals surface area contributed by atoms with Gasteiger partial charge < -0.3 is 9.47 Å². The molecular formula is C20H38N2O8S2. The average molecular weight is 499 g/mol. The summed E-state index contributed by atoms with van der Waals surface area (Å²) >= 11 is 0. The van der Waals surface area contributed by atoms with E-state index in [1.54, 1.807) is 55.4 Å². The molecule has 0 aromatic heterocycles. The fraction of sp³-hybridized carbons (Fsp3) is 0.800. The van der Waals surface area contributed by atoms with Crippen molar-refractivity contribution in [2.75, 3.05) is 24.7 Å². The first-order valence-corrected chi connectivity index (χ1v) is 13.5. The third kappa shape index (κ3) is 17.1. The summed E-state index contributed by atoms with van der Waals surface area (Å²) in [7, 11) is -7.07. The van der Waals surface area contributed by atoms with Crippen LogP contribution < -0.4 is 9.44 Å². The predicted octanol–water partition coefficient (Wildman–Crippen LogP) is 1.34. The van der Waals surface area contributed by atoms with E-state index in [1.165, 1.54) is 0 Å². The smallest absolute Gasteiger partial charge is 0.331 e. The number of hydrogen-bond acceptors (Lipinski definition) is 8. The van der Waals surface area contributed by atoms with Crippen molar-refractivity contribution in [2.45, 2.75) is 67.5 Å². The van der Waals surface area contributed by atoms with Crippen molar-refractivity contribution < 1.29 is 35.9 Å². The Bertz CT molecular complexity index is 794. The first kappa shape index (κ1) is 30.5. The second kappa shape index (κ2) is 12.1. The molecule has 0 aromatic rings. The Morgan fingerprint density at radius 3 is 1.25 bits per heavy atom. The predicted molar refractivity (Wildman–Crippen MR) is 123 cm³/mol. The van der Waals surface area contributed by atoms with Crippen LogP contribution >= 0.6 is 0 Å². The summed E-state index contributed by atoms with van der Waals surface area (Å²) in [5, 5.41) is 0. The highest BCUT2D eigenvalue weighted by Crippen LogP contribution is 2.16. The van der Waals surface area contributed by atoms with Crippen molar-refractivity contribution in [3.63, 3.8) is 0 Å². The molecule has 0 aliphatic heterocycles. The quantitative estimate of drug-likeness (QED) is 0.303. The lowest BCUT2D eigenvalue weighted by atomic mass is 10.0. The zero-order chi connectivity index (χ0) is 25.4. The van der Waals surface area contributed by atoms with Crippen LogP contribution in [0.4, 0.5) is 0 Å². The molecule has 2 atom stereocenters. The Balaban J connectivity index is 4.41. The maximum absolute atomic E-state index is 12.0. The molecule has 12 heteroatoms. The fourth-order valence-corrected chi connectivity index (χ4v) is 6.36. The molecule has 0 heterocycles. The van der Waals surface area contributed by atoms with Gasteiger partial charge in [0.25, 0.3) is 0 Å². The van der Waals surface area contributed by atoms with Crippen LogP contribution in [0.3, 0.4) is 0 Å². The van der Waals surface area contributed by atoms with Crippen molar-refractivity contribution in [2.24, 2.45) is 10.8 Å². The SMILES string of the molecule is C[C@@H](COC(=O)/C=C/C(=O)OC[C@H](C)NS(=O)(=O)CC(C)(C)C)NS(=O)(=O)CC(C)(C)C. The normalized spacial score (nSPS) is 15.4. The van der Waals surface area contributed by atoms with Crippen LogP contribution in [0.2, 0.25) is 0 Å². The Labute approximate surface area is 192 Å². The molecule has 0 spiro atoms. The van der Waals surface area contributed by atoms with Gasteiger partial charge in [-0.05, 0) is 24.7 Å². The molecule has 0 fully saturated rings. The van der Waals surface area contributed by atoms with E-state index < -0.39 is 54.9 Å². The first-order chi connectivity index (χ1) is 14.2. The minimum Gasteiger partial charge on any atom is -0.461 e. The zero-order valence-corrected chi connectivity index (χ0v) is 21.9. The standard InChI is InChI=1S/C20H38N2O8S2/c1-15(21-31(25,26)13-19(3,4)5)11-29-17(23)9-10-18(24)30-12-16(2)22-32(27,28)14-20(6,7)8/h9-10,15-16,21-22H,11-14H2,1-8H3/b10-9+/t15-,16-/m0/s1. The molecule has 0 saturated heterocycles. The van der Waals surface area contributed by atoms with Gasteiger partial charge in [-0.15, -0.1) is 0 Å². The monoisotopic (exact) mass is 498 g/mol. The molecule has 32 heavy (non-hydrogen) atoms. The summed E-state index contributed by atoms with van der Waals surface area (Å²) in [4.78, 5) is 23.4. The summed E-state index contributed by atoms with van der Waals surface area (Å²) in [6.07, 6.45) is 1.71. The van der Waals surface area contributed by atoms with Crippen molar-refractivity contribution in [3.05, 3.63) is 12.2 Å². The molecule has 0 aliphatic rings. The van der Waals surface area contributed by atoms with Crippen molar-refractivity contribution >= 4 is 32.0 Å². The van der Waals surface area contributed by atoms with Crippen LogP contribution in [-0.2, 0) is 39.1 Å². The molecular weight excluding hydrogens is 460 g/mol. The second-order valence-corrected chi connectivity index (χ2v) is 13.8. The van der Waals surface area contributed by atoms with Crippen LogP contribution in [0.5, 0.6) is 0 Å². The van der Waals surface area contributed by atoms with Gasteiger partial charge in [0.05, 0.1) is 23.6 Å². The number of esters is 2. The molecule has 0 bridgehead atoms. The third-order valence-electron chi connectivity index (χ3n) is 3.31. The van der Waals surface area contributed by atoms with E-state index in [-0.39, 0.29) is 24.7 Å². The molecule has 188 valence electrons. The van der Waals surface area contributed by atoms with E-state index in [1.807, 2.05) is 0 Å². The lowest BCUT2D eigenvalue weighted by molar-refractivity contribution is -0.141. The zero-order valence-electron chi connectivity index (χ0n) is 20.2. The molecule has 2 N–H and O–H groups in total. The summed E-state index contributed by atoms with van der Waals surface area (Å²) in [5.74, 6) is -1.84. The maximum Gasteiger partial charge on any atom is 0.331 e. The van der Waals surface area contributed by atoms with Gasteiger partial charge in [0.2, 0.25) is 20.0 Å². The number of sulfonamides is 2. The van der Waals surface area contributed by atoms with Gasteiger partial charge in [0, 0.05) is 12.2 Å². The highest BCUT2D eigenvalue weighted by molar-refractivity contribution is 7.89. The number of carbonyl (C=O) groups is 2. The Morgan fingerprint density at radius 2 is 1.00 bits per heavy atom. The minimum atomic E-state index is -3.53. The van der Waals surface area contributed by atoms with Gasteiger partial charge in [-0.1, -0.05) is 41.5 Å². The van der Waals surface area contributed by atoms with E-state index in [0.717, 1.165) is 12.2 Å². The maximum atomic E-state index is 12.0. The van der Waals surface area contributed by atoms with Crippen LogP contribution in [0.15, 0.2) is 12.2 Å². The molecule has 0 unspecified atom stereocenters. The van der Waals surface area contributed by atoms with Crippen LogP contribution in [0, 0.1) is 10.8 Å². The topological polar surface area (TPSA) is 145 Å². The van der Waals surface area contributed by atoms with Gasteiger partial charge in [-0.25, -0.2) is 35.9 Å².